The van der Waals surface area contributed by atoms with Gasteiger partial charge in [0.15, 0.2) is 0 Å². The van der Waals surface area contributed by atoms with Gasteiger partial charge < -0.3 is 9.72 Å². The van der Waals surface area contributed by atoms with Crippen LogP contribution >= 0.6 is 11.3 Å². The number of nitrogens with zero attached hydrogens (tertiary/aromatic N) is 2. The van der Waals surface area contributed by atoms with E-state index < -0.39 is 12.0 Å². The topological polar surface area (TPSA) is 104 Å². The van der Waals surface area contributed by atoms with Crippen molar-refractivity contribution in [3.8, 4) is 0 Å². The lowest BCUT2D eigenvalue weighted by Gasteiger charge is -2.18. The molecule has 1 atom stereocenters. The van der Waals surface area contributed by atoms with Crippen LogP contribution in [0.5, 0.6) is 0 Å². The summed E-state index contributed by atoms with van der Waals surface area (Å²) in [5.74, 6) is 0.542. The zero-order valence-corrected chi connectivity index (χ0v) is 18.6. The Balaban J connectivity index is 2.18. The standard InChI is InChI=1S/C20H30N4O4S/c1-6-12(4)9-14-13(5)29-19-17(14)18(26)21-15(22-19)10-24(7-2)11-16(25)23-20(27)28-8-3/h12H,6-11H2,1-5H3,(H,21,22,26)(H,23,25,27)/t12-/m0/s1. The van der Waals surface area contributed by atoms with Crippen molar-refractivity contribution in [1.29, 1.82) is 0 Å². The molecule has 8 nitrogen and oxygen atoms in total. The number of aryl methyl sites for hydroxylation is 1. The van der Waals surface area contributed by atoms with Crippen molar-refractivity contribution in [1.82, 2.24) is 20.2 Å². The first kappa shape index (κ1) is 23.0. The molecule has 0 fully saturated rings. The van der Waals surface area contributed by atoms with Gasteiger partial charge in [-0.1, -0.05) is 27.2 Å². The Morgan fingerprint density at radius 1 is 1.31 bits per heavy atom. The Morgan fingerprint density at radius 3 is 2.66 bits per heavy atom. The highest BCUT2D eigenvalue weighted by Crippen LogP contribution is 2.29. The zero-order chi connectivity index (χ0) is 21.6. The number of likely N-dealkylation sites (N-methyl/N-ethyl adjacent to an activating group) is 1. The summed E-state index contributed by atoms with van der Waals surface area (Å²) in [5.41, 5.74) is 0.945. The third kappa shape index (κ3) is 6.11. The lowest BCUT2D eigenvalue weighted by molar-refractivity contribution is -0.121. The number of thiophene rings is 1. The van der Waals surface area contributed by atoms with Crippen molar-refractivity contribution in [3.05, 3.63) is 26.6 Å². The molecule has 0 saturated carbocycles. The highest BCUT2D eigenvalue weighted by molar-refractivity contribution is 7.18. The molecule has 2 aromatic rings. The average Bonchev–Trinajstić information content (AvgIpc) is 2.96. The van der Waals surface area contributed by atoms with E-state index in [0.29, 0.717) is 30.2 Å². The molecule has 2 rings (SSSR count). The number of fused-ring (bicyclic) bond motifs is 1. The summed E-state index contributed by atoms with van der Waals surface area (Å²) in [4.78, 5) is 47.3. The number of aromatic amines is 1. The lowest BCUT2D eigenvalue weighted by atomic mass is 9.98. The smallest absolute Gasteiger partial charge is 0.413 e. The van der Waals surface area contributed by atoms with Crippen LogP contribution in [-0.2, 0) is 22.5 Å². The maximum atomic E-state index is 12.8. The first-order valence-electron chi connectivity index (χ1n) is 9.99. The molecular formula is C20H30N4O4S. The van der Waals surface area contributed by atoms with E-state index >= 15 is 0 Å². The number of carbonyl (C=O) groups excluding carboxylic acids is 2. The van der Waals surface area contributed by atoms with Gasteiger partial charge in [-0.25, -0.2) is 9.78 Å². The summed E-state index contributed by atoms with van der Waals surface area (Å²) in [6.45, 7) is 11.0. The molecule has 2 aromatic heterocycles. The number of hydrogen-bond donors (Lipinski definition) is 2. The van der Waals surface area contributed by atoms with Crippen LogP contribution in [0.15, 0.2) is 4.79 Å². The summed E-state index contributed by atoms with van der Waals surface area (Å²) in [6.07, 6.45) is 1.16. The third-order valence-corrected chi connectivity index (χ3v) is 5.91. The second-order valence-electron chi connectivity index (χ2n) is 7.12. The van der Waals surface area contributed by atoms with Gasteiger partial charge in [0.2, 0.25) is 5.91 Å². The van der Waals surface area contributed by atoms with E-state index in [-0.39, 0.29) is 18.7 Å². The Morgan fingerprint density at radius 2 is 2.03 bits per heavy atom. The predicted octanol–water partition coefficient (Wildman–Crippen LogP) is 2.98. The fraction of sp³-hybridized carbons (Fsp3) is 0.600. The van der Waals surface area contributed by atoms with Gasteiger partial charge in [-0.15, -0.1) is 11.3 Å². The van der Waals surface area contributed by atoms with Crippen molar-refractivity contribution in [2.75, 3.05) is 19.7 Å². The third-order valence-electron chi connectivity index (χ3n) is 4.87. The maximum Gasteiger partial charge on any atom is 0.413 e. The van der Waals surface area contributed by atoms with E-state index in [9.17, 15) is 14.4 Å². The monoisotopic (exact) mass is 422 g/mol. The Hall–Kier alpha value is -2.26. The van der Waals surface area contributed by atoms with Crippen LogP contribution in [0.4, 0.5) is 4.79 Å². The van der Waals surface area contributed by atoms with Gasteiger partial charge in [-0.3, -0.25) is 19.8 Å². The number of ether oxygens (including phenoxy) is 1. The number of hydrogen-bond acceptors (Lipinski definition) is 7. The van der Waals surface area contributed by atoms with Crippen molar-refractivity contribution in [3.63, 3.8) is 0 Å². The Labute approximate surface area is 174 Å². The van der Waals surface area contributed by atoms with E-state index in [0.717, 1.165) is 28.1 Å². The van der Waals surface area contributed by atoms with Gasteiger partial charge in [0, 0.05) is 4.88 Å². The number of nitrogens with one attached hydrogen (secondary N) is 2. The molecule has 0 spiro atoms. The maximum absolute atomic E-state index is 12.8. The summed E-state index contributed by atoms with van der Waals surface area (Å²) in [6, 6.07) is 0. The number of aromatic nitrogens is 2. The molecule has 9 heteroatoms. The van der Waals surface area contributed by atoms with Crippen molar-refractivity contribution in [2.45, 2.75) is 54.0 Å². The zero-order valence-electron chi connectivity index (χ0n) is 17.8. The van der Waals surface area contributed by atoms with Crippen molar-refractivity contribution >= 4 is 33.6 Å². The van der Waals surface area contributed by atoms with E-state index in [1.165, 1.54) is 11.3 Å². The highest BCUT2D eigenvalue weighted by Gasteiger charge is 2.18. The van der Waals surface area contributed by atoms with E-state index in [1.807, 2.05) is 13.8 Å². The number of carbonyl (C=O) groups is 2. The van der Waals surface area contributed by atoms with Crippen molar-refractivity contribution in [2.24, 2.45) is 5.92 Å². The van der Waals surface area contributed by atoms with Crippen molar-refractivity contribution < 1.29 is 14.3 Å². The first-order valence-corrected chi connectivity index (χ1v) is 10.8. The Bertz CT molecular complexity index is 921. The van der Waals surface area contributed by atoms with Gasteiger partial charge in [-0.05, 0) is 38.3 Å². The summed E-state index contributed by atoms with van der Waals surface area (Å²) in [7, 11) is 0. The lowest BCUT2D eigenvalue weighted by Crippen LogP contribution is -2.40. The number of amides is 2. The molecule has 0 aliphatic carbocycles. The molecule has 0 aliphatic rings. The molecule has 29 heavy (non-hydrogen) atoms. The quantitative estimate of drug-likeness (QED) is 0.644. The number of H-pyrrole nitrogens is 1. The predicted molar refractivity (Wildman–Crippen MR) is 114 cm³/mol. The number of imide groups is 1. The molecular weight excluding hydrogens is 392 g/mol. The highest BCUT2D eigenvalue weighted by atomic mass is 32.1. The molecule has 2 N–H and O–H groups in total. The molecule has 0 radical (unpaired) electrons. The summed E-state index contributed by atoms with van der Waals surface area (Å²) >= 11 is 1.53. The van der Waals surface area contributed by atoms with Gasteiger partial charge in [-0.2, -0.15) is 0 Å². The van der Waals surface area contributed by atoms with Gasteiger partial charge >= 0.3 is 6.09 Å². The normalized spacial score (nSPS) is 12.3. The molecule has 2 amide bonds. The largest absolute Gasteiger partial charge is 0.450 e. The second-order valence-corrected chi connectivity index (χ2v) is 8.32. The molecule has 160 valence electrons. The Kier molecular flexibility index (Phi) is 8.33. The molecule has 0 aliphatic heterocycles. The van der Waals surface area contributed by atoms with Crippen LogP contribution in [0.3, 0.4) is 0 Å². The van der Waals surface area contributed by atoms with Gasteiger partial charge in [0.1, 0.15) is 10.7 Å². The number of alkyl carbamates (subject to hydrolysis) is 1. The molecule has 0 unspecified atom stereocenters. The fourth-order valence-corrected chi connectivity index (χ4v) is 4.12. The second kappa shape index (κ2) is 10.5. The van der Waals surface area contributed by atoms with Gasteiger partial charge in [0.05, 0.1) is 25.1 Å². The van der Waals surface area contributed by atoms with Crippen LogP contribution in [0.2, 0.25) is 0 Å². The SMILES string of the molecule is CCOC(=O)NC(=O)CN(CC)Cc1nc2sc(C)c(C[C@@H](C)CC)c2c(=O)[nH]1. The first-order chi connectivity index (χ1) is 13.8. The van der Waals surface area contributed by atoms with E-state index in [1.54, 1.807) is 11.8 Å². The molecule has 0 bridgehead atoms. The molecule has 2 heterocycles. The molecule has 0 saturated heterocycles. The van der Waals surface area contributed by atoms with Crippen LogP contribution in [0, 0.1) is 12.8 Å². The summed E-state index contributed by atoms with van der Waals surface area (Å²) in [5, 5.41) is 2.86. The minimum Gasteiger partial charge on any atom is -0.450 e. The number of rotatable bonds is 9. The van der Waals surface area contributed by atoms with Crippen LogP contribution in [0.1, 0.15) is 50.4 Å². The minimum atomic E-state index is -0.760. The van der Waals surface area contributed by atoms with Crippen LogP contribution in [-0.4, -0.2) is 46.6 Å². The average molecular weight is 423 g/mol. The fourth-order valence-electron chi connectivity index (χ4n) is 3.05. The van der Waals surface area contributed by atoms with E-state index in [4.69, 9.17) is 4.74 Å². The minimum absolute atomic E-state index is 0.000204. The summed E-state index contributed by atoms with van der Waals surface area (Å²) < 4.78 is 4.71. The molecule has 0 aromatic carbocycles. The van der Waals surface area contributed by atoms with Crippen LogP contribution in [0.25, 0.3) is 10.2 Å². The van der Waals surface area contributed by atoms with Crippen LogP contribution < -0.4 is 10.9 Å². The van der Waals surface area contributed by atoms with Gasteiger partial charge in [0.25, 0.3) is 5.56 Å². The van der Waals surface area contributed by atoms with E-state index in [2.05, 4.69) is 29.1 Å².